The number of ether oxygens (including phenoxy) is 1. The third-order valence-corrected chi connectivity index (χ3v) is 6.39. The summed E-state index contributed by atoms with van der Waals surface area (Å²) < 4.78 is 41.0. The Hall–Kier alpha value is -3.57. The van der Waals surface area contributed by atoms with E-state index in [1.54, 1.807) is 44.2 Å². The summed E-state index contributed by atoms with van der Waals surface area (Å²) >= 11 is 6.31. The highest BCUT2D eigenvalue weighted by Crippen LogP contribution is 2.39. The largest absolute Gasteiger partial charge is 0.495 e. The van der Waals surface area contributed by atoms with Crippen LogP contribution in [-0.2, 0) is 10.1 Å². The van der Waals surface area contributed by atoms with Gasteiger partial charge in [0.15, 0.2) is 0 Å². The molecule has 9 nitrogen and oxygen atoms in total. The summed E-state index contributed by atoms with van der Waals surface area (Å²) in [5, 5.41) is 9.15. The van der Waals surface area contributed by atoms with E-state index in [1.807, 2.05) is 50.2 Å². The molecule has 38 heavy (non-hydrogen) atoms. The summed E-state index contributed by atoms with van der Waals surface area (Å²) in [6.07, 6.45) is 0. The van der Waals surface area contributed by atoms with E-state index in [9.17, 15) is 8.42 Å². The number of aliphatic hydroxyl groups excluding tert-OH is 1. The average Bonchev–Trinajstić information content (AvgIpc) is 3.30. The fourth-order valence-corrected chi connectivity index (χ4v) is 3.86. The van der Waals surface area contributed by atoms with Crippen LogP contribution in [0.5, 0.6) is 5.75 Å². The number of rotatable bonds is 4. The van der Waals surface area contributed by atoms with Crippen molar-refractivity contribution < 1.29 is 27.2 Å². The van der Waals surface area contributed by atoms with Crippen LogP contribution in [0, 0.1) is 13.8 Å². The topological polar surface area (TPSA) is 139 Å². The summed E-state index contributed by atoms with van der Waals surface area (Å²) in [5.41, 5.74) is 9.42. The monoisotopic (exact) mass is 561 g/mol. The van der Waals surface area contributed by atoms with E-state index >= 15 is 0 Å². The zero-order valence-electron chi connectivity index (χ0n) is 21.8. The molecular formula is C27H32ClN3O6S. The van der Waals surface area contributed by atoms with Crippen LogP contribution in [0.1, 0.15) is 18.1 Å². The SMILES string of the molecule is CCO.CN=C(N)N(c1cc2ccccc2o1)c1cc(Cl)c(C)cc1OC.Cc1ccc(S(=O)(=O)O)cc1. The van der Waals surface area contributed by atoms with Crippen LogP contribution in [0.15, 0.2) is 81.0 Å². The highest BCUT2D eigenvalue weighted by Gasteiger charge is 2.22. The van der Waals surface area contributed by atoms with Crippen molar-refractivity contribution in [1.82, 2.24) is 0 Å². The van der Waals surface area contributed by atoms with E-state index in [0.29, 0.717) is 22.3 Å². The van der Waals surface area contributed by atoms with Gasteiger partial charge >= 0.3 is 0 Å². The van der Waals surface area contributed by atoms with Gasteiger partial charge in [0.25, 0.3) is 10.1 Å². The number of aliphatic hydroxyl groups is 1. The molecule has 3 aromatic carbocycles. The number of benzene rings is 3. The smallest absolute Gasteiger partial charge is 0.294 e. The number of hydrogen-bond acceptors (Lipinski definition) is 6. The first-order chi connectivity index (χ1) is 18.0. The first-order valence-corrected chi connectivity index (χ1v) is 13.3. The number of aliphatic imine (C=N–C) groups is 1. The molecule has 0 fully saturated rings. The second kappa shape index (κ2) is 13.8. The van der Waals surface area contributed by atoms with Crippen molar-refractivity contribution in [3.8, 4) is 5.75 Å². The maximum absolute atomic E-state index is 10.5. The minimum absolute atomic E-state index is 0.0666. The highest BCUT2D eigenvalue weighted by molar-refractivity contribution is 7.85. The maximum Gasteiger partial charge on any atom is 0.294 e. The molecule has 0 bridgehead atoms. The van der Waals surface area contributed by atoms with Gasteiger partial charge in [0.2, 0.25) is 11.8 Å². The molecular weight excluding hydrogens is 530 g/mol. The standard InChI is InChI=1S/C18H18ClN3O2.C7H8O3S.C2H6O/c1-11-8-16(23-3)14(10-13(11)19)22(18(20)21-2)17-9-12-6-4-5-7-15(12)24-17;1-6-2-4-7(5-3-6)11(8,9)10;1-2-3/h4-10H,1-3H3,(H2,20,21);2-5H,1H3,(H,8,9,10);3H,2H2,1H3. The second-order valence-corrected chi connectivity index (χ2v) is 9.75. The molecule has 4 N–H and O–H groups in total. The second-order valence-electron chi connectivity index (χ2n) is 7.92. The quantitative estimate of drug-likeness (QED) is 0.163. The van der Waals surface area contributed by atoms with Crippen LogP contribution in [-0.4, -0.2) is 44.8 Å². The van der Waals surface area contributed by atoms with E-state index in [2.05, 4.69) is 4.99 Å². The number of guanidine groups is 1. The van der Waals surface area contributed by atoms with Gasteiger partial charge in [-0.05, 0) is 56.7 Å². The zero-order chi connectivity index (χ0) is 28.5. The van der Waals surface area contributed by atoms with Crippen molar-refractivity contribution in [3.05, 3.63) is 82.9 Å². The third-order valence-electron chi connectivity index (χ3n) is 5.11. The lowest BCUT2D eigenvalue weighted by Crippen LogP contribution is -2.33. The lowest BCUT2D eigenvalue weighted by Gasteiger charge is -2.23. The Labute approximate surface area is 227 Å². The predicted octanol–water partition coefficient (Wildman–Crippen LogP) is 5.73. The Kier molecular flexibility index (Phi) is 11.2. The van der Waals surface area contributed by atoms with E-state index in [4.69, 9.17) is 36.1 Å². The molecule has 0 atom stereocenters. The number of anilines is 2. The molecule has 0 aliphatic rings. The number of aryl methyl sites for hydroxylation is 2. The van der Waals surface area contributed by atoms with Gasteiger partial charge < -0.3 is 20.0 Å². The van der Waals surface area contributed by atoms with Crippen molar-refractivity contribution in [2.45, 2.75) is 25.7 Å². The fraction of sp³-hybridized carbons (Fsp3) is 0.222. The van der Waals surface area contributed by atoms with E-state index < -0.39 is 10.1 Å². The molecule has 0 unspecified atom stereocenters. The van der Waals surface area contributed by atoms with Crippen molar-refractivity contribution in [3.63, 3.8) is 0 Å². The van der Waals surface area contributed by atoms with E-state index in [-0.39, 0.29) is 17.5 Å². The van der Waals surface area contributed by atoms with Crippen LogP contribution < -0.4 is 15.4 Å². The van der Waals surface area contributed by atoms with Gasteiger partial charge in [0.1, 0.15) is 11.3 Å². The fourth-order valence-electron chi connectivity index (χ4n) is 3.23. The number of methoxy groups -OCH3 is 1. The number of furan rings is 1. The Bertz CT molecular complexity index is 1450. The number of fused-ring (bicyclic) bond motifs is 1. The normalized spacial score (nSPS) is 11.2. The first-order valence-electron chi connectivity index (χ1n) is 11.5. The molecule has 0 aliphatic heterocycles. The first kappa shape index (κ1) is 30.7. The van der Waals surface area contributed by atoms with Crippen molar-refractivity contribution in [1.29, 1.82) is 0 Å². The van der Waals surface area contributed by atoms with Gasteiger partial charge in [0.05, 0.1) is 17.7 Å². The molecule has 1 aromatic heterocycles. The third kappa shape index (κ3) is 7.96. The van der Waals surface area contributed by atoms with Crippen molar-refractivity contribution in [2.24, 2.45) is 10.7 Å². The zero-order valence-corrected chi connectivity index (χ0v) is 23.4. The Morgan fingerprint density at radius 3 is 2.24 bits per heavy atom. The Balaban J connectivity index is 0.000000302. The minimum atomic E-state index is -4.02. The van der Waals surface area contributed by atoms with Gasteiger partial charge in [-0.15, -0.1) is 0 Å². The minimum Gasteiger partial charge on any atom is -0.495 e. The molecule has 0 aliphatic carbocycles. The summed E-state index contributed by atoms with van der Waals surface area (Å²) in [7, 11) is -0.802. The lowest BCUT2D eigenvalue weighted by atomic mass is 10.2. The Morgan fingerprint density at radius 2 is 1.71 bits per heavy atom. The maximum atomic E-state index is 10.5. The molecule has 0 saturated carbocycles. The van der Waals surface area contributed by atoms with Crippen LogP contribution in [0.3, 0.4) is 0 Å². The molecule has 0 amide bonds. The van der Waals surface area contributed by atoms with Gasteiger partial charge in [-0.25, -0.2) is 4.90 Å². The van der Waals surface area contributed by atoms with Crippen LogP contribution in [0.2, 0.25) is 5.02 Å². The van der Waals surface area contributed by atoms with Crippen molar-refractivity contribution >= 4 is 50.2 Å². The molecule has 0 saturated heterocycles. The number of hydrogen-bond donors (Lipinski definition) is 3. The van der Waals surface area contributed by atoms with Gasteiger partial charge in [-0.2, -0.15) is 8.42 Å². The van der Waals surface area contributed by atoms with E-state index in [0.717, 1.165) is 22.1 Å². The molecule has 11 heteroatoms. The molecule has 4 aromatic rings. The van der Waals surface area contributed by atoms with Gasteiger partial charge in [0, 0.05) is 30.1 Å². The molecule has 204 valence electrons. The summed E-state index contributed by atoms with van der Waals surface area (Å²) in [6, 6.07) is 19.3. The van der Waals surface area contributed by atoms with Crippen LogP contribution in [0.25, 0.3) is 11.0 Å². The summed E-state index contributed by atoms with van der Waals surface area (Å²) in [4.78, 5) is 5.72. The molecule has 0 radical (unpaired) electrons. The molecule has 1 heterocycles. The summed E-state index contributed by atoms with van der Waals surface area (Å²) in [5.74, 6) is 1.44. The number of para-hydroxylation sites is 1. The Morgan fingerprint density at radius 1 is 1.11 bits per heavy atom. The lowest BCUT2D eigenvalue weighted by molar-refractivity contribution is 0.318. The molecule has 0 spiro atoms. The van der Waals surface area contributed by atoms with Crippen molar-refractivity contribution in [2.75, 3.05) is 25.7 Å². The van der Waals surface area contributed by atoms with Gasteiger partial charge in [-0.1, -0.05) is 47.5 Å². The van der Waals surface area contributed by atoms with E-state index in [1.165, 1.54) is 12.1 Å². The van der Waals surface area contributed by atoms with Gasteiger partial charge in [-0.3, -0.25) is 9.55 Å². The van der Waals surface area contributed by atoms with Crippen LogP contribution >= 0.6 is 11.6 Å². The number of nitrogens with two attached hydrogens (primary N) is 1. The average molecular weight is 562 g/mol. The molecule has 4 rings (SSSR count). The number of nitrogens with zero attached hydrogens (tertiary/aromatic N) is 2. The summed E-state index contributed by atoms with van der Waals surface area (Å²) in [6.45, 7) is 5.69. The predicted molar refractivity (Wildman–Crippen MR) is 152 cm³/mol. The highest BCUT2D eigenvalue weighted by atomic mass is 35.5. The number of halogens is 1. The van der Waals surface area contributed by atoms with Crippen LogP contribution in [0.4, 0.5) is 11.6 Å².